The number of hydrogen-bond acceptors (Lipinski definition) is 4. The lowest BCUT2D eigenvalue weighted by Gasteiger charge is -2.47. The van der Waals surface area contributed by atoms with Gasteiger partial charge in [0.2, 0.25) is 11.8 Å². The molecule has 2 amide bonds. The number of nitrogens with zero attached hydrogens (tertiary/aromatic N) is 3. The standard InChI is InChI=1S/C23H39N3O2/c1-22(2)19-10-11-23(22,3)21(28)26(20(19)27)13-7-12-24-14-16-25(17-15-24)18-8-5-4-6-9-18/h18-19H,4-17H2,1-3H3/t19-,23+/m0/s1. The number of carbonyl (C=O) groups excluding carboxylic acids is 2. The van der Waals surface area contributed by atoms with Crippen molar-refractivity contribution < 1.29 is 9.59 Å². The molecule has 4 rings (SSSR count). The number of amides is 2. The Hall–Kier alpha value is -0.940. The Morgan fingerprint density at radius 1 is 0.893 bits per heavy atom. The van der Waals surface area contributed by atoms with Crippen molar-refractivity contribution in [2.24, 2.45) is 16.7 Å². The highest BCUT2D eigenvalue weighted by Crippen LogP contribution is 2.60. The number of piperazine rings is 1. The first-order chi connectivity index (χ1) is 13.3. The van der Waals surface area contributed by atoms with Gasteiger partial charge in [0.15, 0.2) is 0 Å². The molecule has 2 bridgehead atoms. The number of carbonyl (C=O) groups is 2. The van der Waals surface area contributed by atoms with Crippen molar-refractivity contribution in [1.29, 1.82) is 0 Å². The molecule has 2 aliphatic heterocycles. The lowest BCUT2D eigenvalue weighted by atomic mass is 9.62. The van der Waals surface area contributed by atoms with Gasteiger partial charge in [-0.1, -0.05) is 40.0 Å². The van der Waals surface area contributed by atoms with Crippen molar-refractivity contribution >= 4 is 11.8 Å². The molecule has 0 aromatic rings. The van der Waals surface area contributed by atoms with Crippen molar-refractivity contribution in [3.8, 4) is 0 Å². The van der Waals surface area contributed by atoms with E-state index < -0.39 is 0 Å². The van der Waals surface area contributed by atoms with Crippen LogP contribution in [0, 0.1) is 16.7 Å². The van der Waals surface area contributed by atoms with Gasteiger partial charge in [-0.3, -0.25) is 19.4 Å². The van der Waals surface area contributed by atoms with Crippen LogP contribution in [0.4, 0.5) is 0 Å². The van der Waals surface area contributed by atoms with Crippen LogP contribution in [0.3, 0.4) is 0 Å². The maximum atomic E-state index is 13.1. The molecule has 0 N–H and O–H groups in total. The van der Waals surface area contributed by atoms with Crippen molar-refractivity contribution in [1.82, 2.24) is 14.7 Å². The average Bonchev–Trinajstić information content (AvgIpc) is 2.89. The molecular formula is C23H39N3O2. The normalized spacial score (nSPS) is 35.0. The van der Waals surface area contributed by atoms with Crippen LogP contribution in [-0.2, 0) is 9.59 Å². The molecule has 5 nitrogen and oxygen atoms in total. The van der Waals surface area contributed by atoms with Crippen LogP contribution in [0.1, 0.15) is 72.1 Å². The van der Waals surface area contributed by atoms with E-state index in [2.05, 4.69) is 30.6 Å². The maximum Gasteiger partial charge on any atom is 0.235 e. The van der Waals surface area contributed by atoms with E-state index in [0.29, 0.717) is 6.54 Å². The van der Waals surface area contributed by atoms with Crippen LogP contribution in [0.2, 0.25) is 0 Å². The number of hydrogen-bond donors (Lipinski definition) is 0. The SMILES string of the molecule is CC1(C)[C@H]2CC[C@]1(C)C(=O)N(CCCN1CCN(C3CCCCC3)CC1)C2=O. The average molecular weight is 390 g/mol. The third kappa shape index (κ3) is 3.32. The fourth-order valence-corrected chi connectivity index (χ4v) is 6.36. The molecule has 2 heterocycles. The third-order valence-electron chi connectivity index (χ3n) is 8.86. The Balaban J connectivity index is 1.25. The Morgan fingerprint density at radius 2 is 1.57 bits per heavy atom. The van der Waals surface area contributed by atoms with Crippen molar-refractivity contribution in [2.75, 3.05) is 39.3 Å². The van der Waals surface area contributed by atoms with Gasteiger partial charge in [-0.2, -0.15) is 0 Å². The molecule has 158 valence electrons. The molecule has 4 fully saturated rings. The van der Waals surface area contributed by atoms with Gasteiger partial charge in [-0.05, 0) is 44.1 Å². The molecular weight excluding hydrogens is 350 g/mol. The predicted molar refractivity (Wildman–Crippen MR) is 111 cm³/mol. The lowest BCUT2D eigenvalue weighted by Crippen LogP contribution is -2.59. The number of rotatable bonds is 5. The minimum atomic E-state index is -0.364. The maximum absolute atomic E-state index is 13.1. The number of imide groups is 1. The van der Waals surface area contributed by atoms with Gasteiger partial charge in [0.05, 0.1) is 5.41 Å². The van der Waals surface area contributed by atoms with Crippen LogP contribution >= 0.6 is 0 Å². The van der Waals surface area contributed by atoms with Crippen molar-refractivity contribution in [3.05, 3.63) is 0 Å². The Morgan fingerprint density at radius 3 is 2.25 bits per heavy atom. The minimum absolute atomic E-state index is 0.0224. The fraction of sp³-hybridized carbons (Fsp3) is 0.913. The highest BCUT2D eigenvalue weighted by Gasteiger charge is 2.64. The molecule has 0 aromatic carbocycles. The summed E-state index contributed by atoms with van der Waals surface area (Å²) in [5.74, 6) is 0.194. The minimum Gasteiger partial charge on any atom is -0.301 e. The quantitative estimate of drug-likeness (QED) is 0.678. The largest absolute Gasteiger partial charge is 0.301 e. The number of likely N-dealkylation sites (tertiary alicyclic amines) is 1. The second-order valence-electron chi connectivity index (χ2n) is 10.5. The monoisotopic (exact) mass is 389 g/mol. The molecule has 0 radical (unpaired) electrons. The van der Waals surface area contributed by atoms with E-state index in [9.17, 15) is 9.59 Å². The van der Waals surface area contributed by atoms with E-state index in [1.165, 1.54) is 45.2 Å². The summed E-state index contributed by atoms with van der Waals surface area (Å²) >= 11 is 0. The van der Waals surface area contributed by atoms with Crippen molar-refractivity contribution in [2.45, 2.75) is 78.2 Å². The van der Waals surface area contributed by atoms with E-state index in [1.54, 1.807) is 4.90 Å². The molecule has 2 saturated carbocycles. The topological polar surface area (TPSA) is 43.9 Å². The molecule has 0 aromatic heterocycles. The molecule has 4 aliphatic rings. The van der Waals surface area contributed by atoms with Gasteiger partial charge in [0, 0.05) is 44.7 Å². The zero-order valence-electron chi connectivity index (χ0n) is 18.2. The summed E-state index contributed by atoms with van der Waals surface area (Å²) in [5, 5.41) is 0. The van der Waals surface area contributed by atoms with E-state index >= 15 is 0 Å². The first kappa shape index (κ1) is 20.3. The first-order valence-corrected chi connectivity index (χ1v) is 11.7. The van der Waals surface area contributed by atoms with Crippen LogP contribution in [0.15, 0.2) is 0 Å². The second kappa shape index (κ2) is 7.71. The molecule has 2 saturated heterocycles. The van der Waals surface area contributed by atoms with Gasteiger partial charge in [0.25, 0.3) is 0 Å². The summed E-state index contributed by atoms with van der Waals surface area (Å²) in [6.45, 7) is 12.5. The smallest absolute Gasteiger partial charge is 0.235 e. The van der Waals surface area contributed by atoms with Crippen LogP contribution in [-0.4, -0.2) is 71.8 Å². The molecule has 2 aliphatic carbocycles. The number of fused-ring (bicyclic) bond motifs is 2. The van der Waals surface area contributed by atoms with Crippen LogP contribution in [0.5, 0.6) is 0 Å². The van der Waals surface area contributed by atoms with E-state index in [0.717, 1.165) is 44.9 Å². The van der Waals surface area contributed by atoms with Gasteiger partial charge in [-0.25, -0.2) is 0 Å². The predicted octanol–water partition coefficient (Wildman–Crippen LogP) is 3.14. The third-order valence-corrected chi connectivity index (χ3v) is 8.86. The molecule has 0 unspecified atom stereocenters. The summed E-state index contributed by atoms with van der Waals surface area (Å²) < 4.78 is 0. The summed E-state index contributed by atoms with van der Waals surface area (Å²) in [6.07, 6.45) is 9.62. The second-order valence-corrected chi connectivity index (χ2v) is 10.5. The Labute approximate surface area is 170 Å². The summed E-state index contributed by atoms with van der Waals surface area (Å²) in [6, 6.07) is 0.819. The Kier molecular flexibility index (Phi) is 5.60. The summed E-state index contributed by atoms with van der Waals surface area (Å²) in [5.41, 5.74) is -0.565. The fourth-order valence-electron chi connectivity index (χ4n) is 6.36. The van der Waals surface area contributed by atoms with E-state index in [1.807, 2.05) is 0 Å². The highest BCUT2D eigenvalue weighted by molar-refractivity contribution is 6.03. The molecule has 28 heavy (non-hydrogen) atoms. The zero-order chi connectivity index (χ0) is 19.9. The summed E-state index contributed by atoms with van der Waals surface area (Å²) in [7, 11) is 0. The first-order valence-electron chi connectivity index (χ1n) is 11.7. The van der Waals surface area contributed by atoms with Crippen LogP contribution in [0.25, 0.3) is 0 Å². The van der Waals surface area contributed by atoms with Gasteiger partial charge >= 0.3 is 0 Å². The van der Waals surface area contributed by atoms with Gasteiger partial charge in [-0.15, -0.1) is 0 Å². The molecule has 5 heteroatoms. The number of piperidine rings is 1. The Bertz CT molecular complexity index is 605. The summed E-state index contributed by atoms with van der Waals surface area (Å²) in [4.78, 5) is 32.9. The van der Waals surface area contributed by atoms with Crippen molar-refractivity contribution in [3.63, 3.8) is 0 Å². The van der Waals surface area contributed by atoms with Gasteiger partial charge < -0.3 is 4.90 Å². The van der Waals surface area contributed by atoms with Crippen LogP contribution < -0.4 is 0 Å². The lowest BCUT2D eigenvalue weighted by molar-refractivity contribution is -0.167. The highest BCUT2D eigenvalue weighted by atomic mass is 16.2. The molecule has 0 spiro atoms. The van der Waals surface area contributed by atoms with Gasteiger partial charge in [0.1, 0.15) is 0 Å². The van der Waals surface area contributed by atoms with E-state index in [-0.39, 0.29) is 28.6 Å². The van der Waals surface area contributed by atoms with E-state index in [4.69, 9.17) is 0 Å². The molecule has 2 atom stereocenters. The zero-order valence-corrected chi connectivity index (χ0v) is 18.2.